The topological polar surface area (TPSA) is 72.0 Å². The SMILES string of the molecule is O=COc1nc2cc(Br)c(F)cc2[nH]c1=O. The molecule has 1 aromatic carbocycles. The van der Waals surface area contributed by atoms with Gasteiger partial charge in [0.05, 0.1) is 15.5 Å². The van der Waals surface area contributed by atoms with Crippen molar-refractivity contribution >= 4 is 33.4 Å². The van der Waals surface area contributed by atoms with Crippen molar-refractivity contribution in [3.05, 3.63) is 32.8 Å². The monoisotopic (exact) mass is 286 g/mol. The van der Waals surface area contributed by atoms with Crippen molar-refractivity contribution in [1.82, 2.24) is 9.97 Å². The summed E-state index contributed by atoms with van der Waals surface area (Å²) in [7, 11) is 0. The van der Waals surface area contributed by atoms with E-state index in [2.05, 4.69) is 30.6 Å². The van der Waals surface area contributed by atoms with Crippen LogP contribution in [0, 0.1) is 5.82 Å². The lowest BCUT2D eigenvalue weighted by Crippen LogP contribution is -2.12. The van der Waals surface area contributed by atoms with E-state index in [0.29, 0.717) is 5.52 Å². The molecule has 1 heterocycles. The molecule has 0 atom stereocenters. The molecule has 0 amide bonds. The van der Waals surface area contributed by atoms with Crippen LogP contribution in [0.25, 0.3) is 11.0 Å². The van der Waals surface area contributed by atoms with E-state index in [9.17, 15) is 14.0 Å². The number of ether oxygens (including phenoxy) is 1. The summed E-state index contributed by atoms with van der Waals surface area (Å²) in [6, 6.07) is 2.50. The van der Waals surface area contributed by atoms with E-state index < -0.39 is 11.4 Å². The van der Waals surface area contributed by atoms with Gasteiger partial charge in [-0.25, -0.2) is 9.37 Å². The number of benzene rings is 1. The first-order chi connectivity index (χ1) is 7.61. The number of hydrogen-bond donors (Lipinski definition) is 1. The minimum atomic E-state index is -0.693. The highest BCUT2D eigenvalue weighted by Gasteiger charge is 2.08. The summed E-state index contributed by atoms with van der Waals surface area (Å²) in [5.74, 6) is -0.894. The highest BCUT2D eigenvalue weighted by Crippen LogP contribution is 2.20. The highest BCUT2D eigenvalue weighted by molar-refractivity contribution is 9.10. The summed E-state index contributed by atoms with van der Waals surface area (Å²) in [5, 5.41) is 0. The van der Waals surface area contributed by atoms with E-state index >= 15 is 0 Å². The maximum Gasteiger partial charge on any atom is 0.311 e. The third-order valence-electron chi connectivity index (χ3n) is 1.86. The van der Waals surface area contributed by atoms with E-state index in [0.717, 1.165) is 6.07 Å². The molecule has 2 aromatic rings. The van der Waals surface area contributed by atoms with Crippen molar-refractivity contribution in [2.24, 2.45) is 0 Å². The number of aromatic nitrogens is 2. The fourth-order valence-electron chi connectivity index (χ4n) is 1.19. The summed E-state index contributed by atoms with van der Waals surface area (Å²) in [6.07, 6.45) is 0. The second kappa shape index (κ2) is 4.01. The fraction of sp³-hybridized carbons (Fsp3) is 0. The number of fused-ring (bicyclic) bond motifs is 1. The highest BCUT2D eigenvalue weighted by atomic mass is 79.9. The molecule has 0 aliphatic rings. The van der Waals surface area contributed by atoms with Gasteiger partial charge in [0.1, 0.15) is 5.82 Å². The van der Waals surface area contributed by atoms with Gasteiger partial charge in [-0.1, -0.05) is 0 Å². The Balaban J connectivity index is 2.74. The van der Waals surface area contributed by atoms with Crippen LogP contribution in [0.4, 0.5) is 4.39 Å². The van der Waals surface area contributed by atoms with E-state index in [1.807, 2.05) is 0 Å². The molecule has 16 heavy (non-hydrogen) atoms. The van der Waals surface area contributed by atoms with E-state index in [-0.39, 0.29) is 22.3 Å². The van der Waals surface area contributed by atoms with Crippen LogP contribution in [-0.2, 0) is 4.79 Å². The summed E-state index contributed by atoms with van der Waals surface area (Å²) in [6.45, 7) is 0.0992. The first kappa shape index (κ1) is 10.7. The van der Waals surface area contributed by atoms with Gasteiger partial charge < -0.3 is 9.72 Å². The van der Waals surface area contributed by atoms with E-state index in [4.69, 9.17) is 0 Å². The molecular formula is C9H4BrFN2O3. The molecule has 2 rings (SSSR count). The summed E-state index contributed by atoms with van der Waals surface area (Å²) >= 11 is 2.98. The third-order valence-corrected chi connectivity index (χ3v) is 2.47. The van der Waals surface area contributed by atoms with Crippen molar-refractivity contribution in [1.29, 1.82) is 0 Å². The largest absolute Gasteiger partial charge is 0.404 e. The predicted octanol–water partition coefficient (Wildman–Crippen LogP) is 1.36. The van der Waals surface area contributed by atoms with Crippen LogP contribution in [0.5, 0.6) is 5.88 Å². The number of halogens is 2. The first-order valence-electron chi connectivity index (χ1n) is 4.11. The van der Waals surface area contributed by atoms with Crippen LogP contribution in [-0.4, -0.2) is 16.4 Å². The third kappa shape index (κ3) is 1.81. The van der Waals surface area contributed by atoms with Gasteiger partial charge >= 0.3 is 5.56 Å². The van der Waals surface area contributed by atoms with E-state index in [1.165, 1.54) is 6.07 Å². The Morgan fingerprint density at radius 2 is 2.25 bits per heavy atom. The van der Waals surface area contributed by atoms with Crippen molar-refractivity contribution in [3.63, 3.8) is 0 Å². The van der Waals surface area contributed by atoms with Gasteiger partial charge in [0.25, 0.3) is 12.4 Å². The predicted molar refractivity (Wildman–Crippen MR) is 56.7 cm³/mol. The Kier molecular flexibility index (Phi) is 2.69. The number of hydrogen-bond acceptors (Lipinski definition) is 4. The molecule has 0 spiro atoms. The van der Waals surface area contributed by atoms with Gasteiger partial charge in [0.2, 0.25) is 0 Å². The number of nitrogens with one attached hydrogen (secondary N) is 1. The molecule has 0 aliphatic heterocycles. The van der Waals surface area contributed by atoms with Gasteiger partial charge in [0.15, 0.2) is 0 Å². The summed E-state index contributed by atoms with van der Waals surface area (Å²) in [5.41, 5.74) is -0.157. The minimum absolute atomic E-state index is 0.0992. The Hall–Kier alpha value is -1.76. The maximum atomic E-state index is 13.1. The number of H-pyrrole nitrogens is 1. The molecule has 0 aliphatic carbocycles. The minimum Gasteiger partial charge on any atom is -0.404 e. The quantitative estimate of drug-likeness (QED) is 0.846. The fourth-order valence-corrected chi connectivity index (χ4v) is 1.52. The first-order valence-corrected chi connectivity index (χ1v) is 4.90. The normalized spacial score (nSPS) is 10.4. The molecule has 7 heteroatoms. The lowest BCUT2D eigenvalue weighted by atomic mass is 10.3. The zero-order chi connectivity index (χ0) is 11.7. The van der Waals surface area contributed by atoms with Gasteiger partial charge in [-0.3, -0.25) is 9.59 Å². The number of nitrogens with zero attached hydrogens (tertiary/aromatic N) is 1. The number of rotatable bonds is 2. The molecule has 5 nitrogen and oxygen atoms in total. The average molecular weight is 287 g/mol. The number of carbonyl (C=O) groups is 1. The molecule has 82 valence electrons. The Labute approximate surface area is 96.4 Å². The second-order valence-electron chi connectivity index (χ2n) is 2.87. The van der Waals surface area contributed by atoms with Crippen LogP contribution in [0.1, 0.15) is 0 Å². The summed E-state index contributed by atoms with van der Waals surface area (Å²) in [4.78, 5) is 27.5. The smallest absolute Gasteiger partial charge is 0.311 e. The maximum absolute atomic E-state index is 13.1. The average Bonchev–Trinajstić information content (AvgIpc) is 2.23. The van der Waals surface area contributed by atoms with Crippen LogP contribution in [0.2, 0.25) is 0 Å². The molecule has 1 N–H and O–H groups in total. The lowest BCUT2D eigenvalue weighted by Gasteiger charge is -2.01. The van der Waals surface area contributed by atoms with Crippen molar-refractivity contribution in [2.45, 2.75) is 0 Å². The molecule has 0 bridgehead atoms. The molecule has 0 saturated heterocycles. The summed E-state index contributed by atoms with van der Waals surface area (Å²) < 4.78 is 17.7. The second-order valence-corrected chi connectivity index (χ2v) is 3.72. The zero-order valence-corrected chi connectivity index (χ0v) is 9.25. The van der Waals surface area contributed by atoms with Gasteiger partial charge in [0, 0.05) is 6.07 Å². The van der Waals surface area contributed by atoms with Crippen LogP contribution >= 0.6 is 15.9 Å². The van der Waals surface area contributed by atoms with Crippen LogP contribution in [0.15, 0.2) is 21.4 Å². The molecular weight excluding hydrogens is 283 g/mol. The number of aromatic amines is 1. The van der Waals surface area contributed by atoms with Gasteiger partial charge in [-0.05, 0) is 22.0 Å². The number of carbonyl (C=O) groups excluding carboxylic acids is 1. The van der Waals surface area contributed by atoms with Gasteiger partial charge in [-0.15, -0.1) is 0 Å². The molecule has 0 fully saturated rings. The van der Waals surface area contributed by atoms with E-state index in [1.54, 1.807) is 0 Å². The van der Waals surface area contributed by atoms with Crippen molar-refractivity contribution < 1.29 is 13.9 Å². The van der Waals surface area contributed by atoms with Crippen molar-refractivity contribution in [3.8, 4) is 5.88 Å². The molecule has 1 aromatic heterocycles. The lowest BCUT2D eigenvalue weighted by molar-refractivity contribution is -0.121. The molecule has 0 saturated carbocycles. The Morgan fingerprint density at radius 1 is 1.50 bits per heavy atom. The van der Waals surface area contributed by atoms with Gasteiger partial charge in [-0.2, -0.15) is 0 Å². The van der Waals surface area contributed by atoms with Crippen LogP contribution < -0.4 is 10.3 Å². The van der Waals surface area contributed by atoms with Crippen molar-refractivity contribution in [2.75, 3.05) is 0 Å². The molecule has 0 radical (unpaired) electrons. The zero-order valence-electron chi connectivity index (χ0n) is 7.66. The Bertz CT molecular complexity index is 626. The Morgan fingerprint density at radius 3 is 2.94 bits per heavy atom. The standard InChI is InChI=1S/C9H4BrFN2O3/c10-4-1-6-7(2-5(4)11)12-8(15)9(13-6)16-3-14/h1-3H,(H,12,15). The van der Waals surface area contributed by atoms with Crippen LogP contribution in [0.3, 0.4) is 0 Å². The molecule has 0 unspecified atom stereocenters.